The average Bonchev–Trinajstić information content (AvgIpc) is 2.72. The van der Waals surface area contributed by atoms with E-state index in [1.807, 2.05) is 35.2 Å². The second kappa shape index (κ2) is 5.78. The van der Waals surface area contributed by atoms with Gasteiger partial charge in [0.05, 0.1) is 13.2 Å². The van der Waals surface area contributed by atoms with Crippen molar-refractivity contribution in [2.75, 3.05) is 13.2 Å². The van der Waals surface area contributed by atoms with Gasteiger partial charge in [0.2, 0.25) is 0 Å². The zero-order valence-electron chi connectivity index (χ0n) is 10.5. The summed E-state index contributed by atoms with van der Waals surface area (Å²) in [5, 5.41) is 0. The van der Waals surface area contributed by atoms with Crippen LogP contribution in [0.4, 0.5) is 0 Å². The summed E-state index contributed by atoms with van der Waals surface area (Å²) in [6, 6.07) is 9.41. The molecule has 0 radical (unpaired) electrons. The van der Waals surface area contributed by atoms with Crippen molar-refractivity contribution in [3.05, 3.63) is 35.9 Å². The standard InChI is InChI=1S/C14H17NO3/c1-2-18-14(17)13-8-12(16)10-15(13)9-11-6-4-3-5-7-11/h3-7,13H,2,8-10H2,1H3/t13-/m0/s1. The topological polar surface area (TPSA) is 46.6 Å². The van der Waals surface area contributed by atoms with E-state index in [1.54, 1.807) is 6.92 Å². The van der Waals surface area contributed by atoms with E-state index in [2.05, 4.69) is 0 Å². The first-order valence-electron chi connectivity index (χ1n) is 6.17. The molecule has 0 N–H and O–H groups in total. The molecular formula is C14H17NO3. The Kier molecular flexibility index (Phi) is 4.10. The lowest BCUT2D eigenvalue weighted by atomic mass is 10.2. The highest BCUT2D eigenvalue weighted by Gasteiger charge is 2.36. The van der Waals surface area contributed by atoms with E-state index in [1.165, 1.54) is 0 Å². The van der Waals surface area contributed by atoms with Gasteiger partial charge in [-0.05, 0) is 12.5 Å². The number of hydrogen-bond donors (Lipinski definition) is 0. The molecule has 0 saturated carbocycles. The minimum absolute atomic E-state index is 0.101. The predicted molar refractivity (Wildman–Crippen MR) is 66.9 cm³/mol. The van der Waals surface area contributed by atoms with E-state index >= 15 is 0 Å². The Hall–Kier alpha value is -1.68. The van der Waals surface area contributed by atoms with Crippen LogP contribution in [0.25, 0.3) is 0 Å². The normalized spacial score (nSPS) is 20.1. The number of ketones is 1. The van der Waals surface area contributed by atoms with Gasteiger partial charge in [0.1, 0.15) is 11.8 Å². The van der Waals surface area contributed by atoms with Crippen LogP contribution in [0.1, 0.15) is 18.9 Å². The molecule has 1 atom stereocenters. The van der Waals surface area contributed by atoms with Gasteiger partial charge in [-0.3, -0.25) is 14.5 Å². The van der Waals surface area contributed by atoms with Crippen molar-refractivity contribution in [3.8, 4) is 0 Å². The average molecular weight is 247 g/mol. The molecule has 1 saturated heterocycles. The fourth-order valence-corrected chi connectivity index (χ4v) is 2.20. The largest absolute Gasteiger partial charge is 0.465 e. The summed E-state index contributed by atoms with van der Waals surface area (Å²) in [7, 11) is 0. The molecule has 0 aromatic heterocycles. The van der Waals surface area contributed by atoms with Crippen LogP contribution in [-0.2, 0) is 20.9 Å². The maximum absolute atomic E-state index is 11.8. The highest BCUT2D eigenvalue weighted by atomic mass is 16.5. The van der Waals surface area contributed by atoms with Gasteiger partial charge < -0.3 is 4.74 Å². The van der Waals surface area contributed by atoms with Gasteiger partial charge in [-0.2, -0.15) is 0 Å². The van der Waals surface area contributed by atoms with Crippen LogP contribution in [0, 0.1) is 0 Å². The highest BCUT2D eigenvalue weighted by Crippen LogP contribution is 2.19. The van der Waals surface area contributed by atoms with Crippen LogP contribution in [-0.4, -0.2) is 35.8 Å². The lowest BCUT2D eigenvalue weighted by Crippen LogP contribution is -2.36. The number of benzene rings is 1. The van der Waals surface area contributed by atoms with Gasteiger partial charge in [0.15, 0.2) is 0 Å². The molecule has 0 unspecified atom stereocenters. The van der Waals surface area contributed by atoms with Crippen LogP contribution < -0.4 is 0 Å². The monoisotopic (exact) mass is 247 g/mol. The lowest BCUT2D eigenvalue weighted by Gasteiger charge is -2.21. The molecule has 4 heteroatoms. The molecule has 1 aliphatic heterocycles. The van der Waals surface area contributed by atoms with Gasteiger partial charge in [-0.1, -0.05) is 30.3 Å². The van der Waals surface area contributed by atoms with E-state index in [-0.39, 0.29) is 18.2 Å². The first kappa shape index (κ1) is 12.8. The fraction of sp³-hybridized carbons (Fsp3) is 0.429. The third kappa shape index (κ3) is 2.96. The maximum atomic E-state index is 11.8. The molecule has 1 heterocycles. The van der Waals surface area contributed by atoms with E-state index in [0.717, 1.165) is 5.56 Å². The molecule has 1 fully saturated rings. The highest BCUT2D eigenvalue weighted by molar-refractivity contribution is 5.91. The molecule has 18 heavy (non-hydrogen) atoms. The Balaban J connectivity index is 2.05. The number of hydrogen-bond acceptors (Lipinski definition) is 4. The number of carbonyl (C=O) groups excluding carboxylic acids is 2. The Morgan fingerprint density at radius 2 is 2.11 bits per heavy atom. The molecule has 0 bridgehead atoms. The van der Waals surface area contributed by atoms with Gasteiger partial charge in [0.25, 0.3) is 0 Å². The first-order valence-corrected chi connectivity index (χ1v) is 6.17. The number of esters is 1. The summed E-state index contributed by atoms with van der Waals surface area (Å²) in [4.78, 5) is 25.2. The SMILES string of the molecule is CCOC(=O)[C@@H]1CC(=O)CN1Cc1ccccc1. The van der Waals surface area contributed by atoms with E-state index < -0.39 is 6.04 Å². The minimum atomic E-state index is -0.419. The fourth-order valence-electron chi connectivity index (χ4n) is 2.20. The van der Waals surface area contributed by atoms with Crippen LogP contribution in [0.3, 0.4) is 0 Å². The van der Waals surface area contributed by atoms with Gasteiger partial charge in [-0.25, -0.2) is 0 Å². The predicted octanol–water partition coefficient (Wildman–Crippen LogP) is 1.39. The number of likely N-dealkylation sites (tertiary alicyclic amines) is 1. The third-order valence-electron chi connectivity index (χ3n) is 3.03. The van der Waals surface area contributed by atoms with E-state index in [4.69, 9.17) is 4.74 Å². The molecule has 1 aromatic rings. The minimum Gasteiger partial charge on any atom is -0.465 e. The van der Waals surface area contributed by atoms with Crippen molar-refractivity contribution < 1.29 is 14.3 Å². The van der Waals surface area contributed by atoms with Crippen molar-refractivity contribution >= 4 is 11.8 Å². The molecule has 2 rings (SSSR count). The summed E-state index contributed by atoms with van der Waals surface area (Å²) in [5.41, 5.74) is 1.10. The van der Waals surface area contributed by atoms with Gasteiger partial charge in [0, 0.05) is 13.0 Å². The Labute approximate surface area is 107 Å². The van der Waals surface area contributed by atoms with Crippen LogP contribution in [0.5, 0.6) is 0 Å². The lowest BCUT2D eigenvalue weighted by molar-refractivity contribution is -0.148. The second-order valence-electron chi connectivity index (χ2n) is 4.40. The summed E-state index contributed by atoms with van der Waals surface area (Å²) in [6.45, 7) is 3.06. The third-order valence-corrected chi connectivity index (χ3v) is 3.03. The van der Waals surface area contributed by atoms with Gasteiger partial charge in [-0.15, -0.1) is 0 Å². The summed E-state index contributed by atoms with van der Waals surface area (Å²) >= 11 is 0. The quantitative estimate of drug-likeness (QED) is 0.754. The molecule has 1 aromatic carbocycles. The Bertz CT molecular complexity index is 430. The van der Waals surface area contributed by atoms with E-state index in [9.17, 15) is 9.59 Å². The number of Topliss-reactive ketones (excluding diaryl/α,β-unsaturated/α-hetero) is 1. The van der Waals surface area contributed by atoms with E-state index in [0.29, 0.717) is 19.7 Å². The number of ether oxygens (including phenoxy) is 1. The summed E-state index contributed by atoms with van der Waals surface area (Å²) < 4.78 is 5.01. The second-order valence-corrected chi connectivity index (χ2v) is 4.40. The number of carbonyl (C=O) groups is 2. The van der Waals surface area contributed by atoms with Crippen molar-refractivity contribution in [2.24, 2.45) is 0 Å². The van der Waals surface area contributed by atoms with Crippen molar-refractivity contribution in [1.29, 1.82) is 0 Å². The number of rotatable bonds is 4. The van der Waals surface area contributed by atoms with Crippen LogP contribution in [0.2, 0.25) is 0 Å². The zero-order chi connectivity index (χ0) is 13.0. The molecule has 1 aliphatic rings. The smallest absolute Gasteiger partial charge is 0.323 e. The molecule has 0 aliphatic carbocycles. The molecule has 4 nitrogen and oxygen atoms in total. The first-order chi connectivity index (χ1) is 8.70. The van der Waals surface area contributed by atoms with Crippen LogP contribution in [0.15, 0.2) is 30.3 Å². The summed E-state index contributed by atoms with van der Waals surface area (Å²) in [6.07, 6.45) is 0.270. The molecule has 0 amide bonds. The summed E-state index contributed by atoms with van der Waals surface area (Å²) in [5.74, 6) is -0.191. The number of nitrogens with zero attached hydrogens (tertiary/aromatic N) is 1. The van der Waals surface area contributed by atoms with Gasteiger partial charge >= 0.3 is 5.97 Å². The van der Waals surface area contributed by atoms with Crippen molar-refractivity contribution in [1.82, 2.24) is 4.90 Å². The molecule has 96 valence electrons. The van der Waals surface area contributed by atoms with Crippen molar-refractivity contribution in [3.63, 3.8) is 0 Å². The van der Waals surface area contributed by atoms with Crippen LogP contribution >= 0.6 is 0 Å². The van der Waals surface area contributed by atoms with Crippen molar-refractivity contribution in [2.45, 2.75) is 25.9 Å². The Morgan fingerprint density at radius 3 is 2.78 bits per heavy atom. The zero-order valence-corrected chi connectivity index (χ0v) is 10.5. The Morgan fingerprint density at radius 1 is 1.39 bits per heavy atom. The maximum Gasteiger partial charge on any atom is 0.323 e. The molecular weight excluding hydrogens is 230 g/mol. The molecule has 0 spiro atoms.